The molecular formula is C25H35IN4O3. The van der Waals surface area contributed by atoms with E-state index in [9.17, 15) is 4.79 Å². The summed E-state index contributed by atoms with van der Waals surface area (Å²) in [5.74, 6) is 2.28. The van der Waals surface area contributed by atoms with Gasteiger partial charge in [-0.1, -0.05) is 24.3 Å². The van der Waals surface area contributed by atoms with Crippen molar-refractivity contribution < 1.29 is 14.3 Å². The molecular weight excluding hydrogens is 531 g/mol. The van der Waals surface area contributed by atoms with Gasteiger partial charge in [-0.2, -0.15) is 0 Å². The highest BCUT2D eigenvalue weighted by Crippen LogP contribution is 2.21. The summed E-state index contributed by atoms with van der Waals surface area (Å²) in [5, 5.41) is 9.58. The van der Waals surface area contributed by atoms with E-state index in [1.165, 1.54) is 5.56 Å². The summed E-state index contributed by atoms with van der Waals surface area (Å²) in [6, 6.07) is 14.4. The maximum absolute atomic E-state index is 11.7. The second-order valence-electron chi connectivity index (χ2n) is 7.96. The van der Waals surface area contributed by atoms with Gasteiger partial charge in [0.1, 0.15) is 11.5 Å². The van der Waals surface area contributed by atoms with Crippen LogP contribution in [-0.2, 0) is 17.8 Å². The maximum Gasteiger partial charge on any atom is 0.258 e. The normalized spacial score (nSPS) is 13.0. The molecule has 2 aromatic carbocycles. The molecule has 1 fully saturated rings. The fourth-order valence-electron chi connectivity index (χ4n) is 3.21. The van der Waals surface area contributed by atoms with E-state index < -0.39 is 0 Å². The number of guanidine groups is 1. The van der Waals surface area contributed by atoms with E-state index in [1.807, 2.05) is 44.2 Å². The van der Waals surface area contributed by atoms with Gasteiger partial charge in [0.2, 0.25) is 0 Å². The number of aryl methyl sites for hydroxylation is 1. The third kappa shape index (κ3) is 9.49. The molecule has 8 heteroatoms. The van der Waals surface area contributed by atoms with Crippen molar-refractivity contribution in [1.82, 2.24) is 16.0 Å². The fourth-order valence-corrected chi connectivity index (χ4v) is 3.21. The fraction of sp³-hybridized carbons (Fsp3) is 0.440. The first-order valence-corrected chi connectivity index (χ1v) is 11.2. The molecule has 0 aromatic heterocycles. The first kappa shape index (κ1) is 26.8. The van der Waals surface area contributed by atoms with Gasteiger partial charge in [-0.05, 0) is 62.4 Å². The molecule has 3 N–H and O–H groups in total. The van der Waals surface area contributed by atoms with Gasteiger partial charge in [0.05, 0.1) is 13.7 Å². The van der Waals surface area contributed by atoms with E-state index in [4.69, 9.17) is 9.47 Å². The molecule has 3 rings (SSSR count). The standard InChI is InChI=1S/C25H34N4O3.HI/c1-4-26-25(28-16-20-8-5-18(2)15-23(20)31-3)27-14-13-19-6-11-22(12-7-19)32-17-24(30)29-21-9-10-21;/h5-8,11-12,15,21H,4,9-10,13-14,16-17H2,1-3H3,(H,29,30)(H2,26,27,28);1H. The number of methoxy groups -OCH3 is 1. The Kier molecular flexibility index (Phi) is 11.3. The smallest absolute Gasteiger partial charge is 0.258 e. The second-order valence-corrected chi connectivity index (χ2v) is 7.96. The van der Waals surface area contributed by atoms with Gasteiger partial charge in [0.15, 0.2) is 12.6 Å². The molecule has 2 aromatic rings. The Hall–Kier alpha value is -2.49. The molecule has 0 bridgehead atoms. The summed E-state index contributed by atoms with van der Waals surface area (Å²) in [5.41, 5.74) is 3.40. The first-order chi connectivity index (χ1) is 15.6. The van der Waals surface area contributed by atoms with Gasteiger partial charge in [0.25, 0.3) is 5.91 Å². The van der Waals surface area contributed by atoms with Crippen LogP contribution in [0, 0.1) is 6.92 Å². The molecule has 0 heterocycles. The molecule has 33 heavy (non-hydrogen) atoms. The average Bonchev–Trinajstić information content (AvgIpc) is 3.61. The lowest BCUT2D eigenvalue weighted by molar-refractivity contribution is -0.123. The number of halogens is 1. The molecule has 0 atom stereocenters. The van der Waals surface area contributed by atoms with Crippen LogP contribution in [0.4, 0.5) is 0 Å². The summed E-state index contributed by atoms with van der Waals surface area (Å²) in [4.78, 5) is 16.4. The monoisotopic (exact) mass is 566 g/mol. The van der Waals surface area contributed by atoms with Gasteiger partial charge in [-0.15, -0.1) is 24.0 Å². The lowest BCUT2D eigenvalue weighted by Crippen LogP contribution is -2.38. The molecule has 1 amide bonds. The van der Waals surface area contributed by atoms with Crippen molar-refractivity contribution in [3.63, 3.8) is 0 Å². The van der Waals surface area contributed by atoms with Crippen LogP contribution in [-0.4, -0.2) is 44.7 Å². The molecule has 0 aliphatic heterocycles. The zero-order chi connectivity index (χ0) is 22.8. The van der Waals surface area contributed by atoms with Crippen LogP contribution in [0.2, 0.25) is 0 Å². The Labute approximate surface area is 213 Å². The first-order valence-electron chi connectivity index (χ1n) is 11.2. The highest BCUT2D eigenvalue weighted by Gasteiger charge is 2.23. The van der Waals surface area contributed by atoms with Gasteiger partial charge in [-0.3, -0.25) is 4.79 Å². The zero-order valence-corrected chi connectivity index (χ0v) is 22.0. The number of ether oxygens (including phenoxy) is 2. The molecule has 7 nitrogen and oxygen atoms in total. The van der Waals surface area contributed by atoms with Crippen LogP contribution in [0.15, 0.2) is 47.5 Å². The highest BCUT2D eigenvalue weighted by molar-refractivity contribution is 14.0. The summed E-state index contributed by atoms with van der Waals surface area (Å²) in [6.07, 6.45) is 3.00. The predicted molar refractivity (Wildman–Crippen MR) is 143 cm³/mol. The Morgan fingerprint density at radius 2 is 1.88 bits per heavy atom. The molecule has 1 aliphatic carbocycles. The maximum atomic E-state index is 11.7. The molecule has 0 unspecified atom stereocenters. The molecule has 1 aliphatic rings. The zero-order valence-electron chi connectivity index (χ0n) is 19.6. The van der Waals surface area contributed by atoms with E-state index in [2.05, 4.69) is 33.1 Å². The summed E-state index contributed by atoms with van der Waals surface area (Å²) in [7, 11) is 1.69. The third-order valence-corrected chi connectivity index (χ3v) is 5.14. The van der Waals surface area contributed by atoms with E-state index in [0.717, 1.165) is 55.2 Å². The van der Waals surface area contributed by atoms with Crippen LogP contribution < -0.4 is 25.4 Å². The van der Waals surface area contributed by atoms with Crippen LogP contribution in [0.1, 0.15) is 36.5 Å². The Bertz CT molecular complexity index is 914. The van der Waals surface area contributed by atoms with Crippen LogP contribution in [0.5, 0.6) is 11.5 Å². The van der Waals surface area contributed by atoms with Crippen molar-refractivity contribution >= 4 is 35.8 Å². The number of amides is 1. The SMILES string of the molecule is CCNC(=NCc1ccc(C)cc1OC)NCCc1ccc(OCC(=O)NC2CC2)cc1.I. The largest absolute Gasteiger partial charge is 0.496 e. The number of benzene rings is 2. The van der Waals surface area contributed by atoms with E-state index in [1.54, 1.807) is 7.11 Å². The molecule has 0 saturated heterocycles. The van der Waals surface area contributed by atoms with Crippen molar-refractivity contribution in [2.75, 3.05) is 26.8 Å². The lowest BCUT2D eigenvalue weighted by atomic mass is 10.1. The number of carbonyl (C=O) groups excluding carboxylic acids is 1. The third-order valence-electron chi connectivity index (χ3n) is 5.14. The van der Waals surface area contributed by atoms with Gasteiger partial charge < -0.3 is 25.4 Å². The number of rotatable bonds is 11. The number of hydrogen-bond donors (Lipinski definition) is 3. The van der Waals surface area contributed by atoms with Gasteiger partial charge in [0, 0.05) is 24.7 Å². The number of aliphatic imine (C=N–C) groups is 1. The minimum Gasteiger partial charge on any atom is -0.496 e. The van der Waals surface area contributed by atoms with Crippen molar-refractivity contribution in [1.29, 1.82) is 0 Å². The minimum atomic E-state index is -0.0562. The molecule has 1 saturated carbocycles. The number of hydrogen-bond acceptors (Lipinski definition) is 4. The van der Waals surface area contributed by atoms with Crippen LogP contribution >= 0.6 is 24.0 Å². The van der Waals surface area contributed by atoms with Gasteiger partial charge >= 0.3 is 0 Å². The lowest BCUT2D eigenvalue weighted by Gasteiger charge is -2.13. The molecule has 0 radical (unpaired) electrons. The highest BCUT2D eigenvalue weighted by atomic mass is 127. The van der Waals surface area contributed by atoms with Crippen molar-refractivity contribution in [2.45, 2.75) is 45.7 Å². The quantitative estimate of drug-likeness (QED) is 0.220. The predicted octanol–water partition coefficient (Wildman–Crippen LogP) is 3.58. The number of nitrogens with one attached hydrogen (secondary N) is 3. The summed E-state index contributed by atoms with van der Waals surface area (Å²) in [6.45, 7) is 6.24. The van der Waals surface area contributed by atoms with E-state index in [-0.39, 0.29) is 36.5 Å². The van der Waals surface area contributed by atoms with Crippen LogP contribution in [0.25, 0.3) is 0 Å². The van der Waals surface area contributed by atoms with E-state index in [0.29, 0.717) is 18.3 Å². The summed E-state index contributed by atoms with van der Waals surface area (Å²) >= 11 is 0. The topological polar surface area (TPSA) is 84.0 Å². The minimum absolute atomic E-state index is 0. The Morgan fingerprint density at radius 3 is 2.55 bits per heavy atom. The van der Waals surface area contributed by atoms with Crippen LogP contribution in [0.3, 0.4) is 0 Å². The van der Waals surface area contributed by atoms with Crippen molar-refractivity contribution in [3.05, 3.63) is 59.2 Å². The van der Waals surface area contributed by atoms with Gasteiger partial charge in [-0.25, -0.2) is 4.99 Å². The molecule has 180 valence electrons. The number of carbonyl (C=O) groups is 1. The molecule has 0 spiro atoms. The number of nitrogens with zero attached hydrogens (tertiary/aromatic N) is 1. The Morgan fingerprint density at radius 1 is 1.12 bits per heavy atom. The van der Waals surface area contributed by atoms with Crippen molar-refractivity contribution in [2.24, 2.45) is 4.99 Å². The average molecular weight is 566 g/mol. The van der Waals surface area contributed by atoms with Crippen molar-refractivity contribution in [3.8, 4) is 11.5 Å². The Balaban J connectivity index is 0.00000385. The second kappa shape index (κ2) is 13.9. The van der Waals surface area contributed by atoms with E-state index >= 15 is 0 Å². The summed E-state index contributed by atoms with van der Waals surface area (Å²) < 4.78 is 11.0.